The van der Waals surface area contributed by atoms with Crippen LogP contribution in [0.3, 0.4) is 0 Å². The van der Waals surface area contributed by atoms with Gasteiger partial charge < -0.3 is 0 Å². The quantitative estimate of drug-likeness (QED) is 0.670. The predicted molar refractivity (Wildman–Crippen MR) is 66.4 cm³/mol. The lowest BCUT2D eigenvalue weighted by Gasteiger charge is -2.45. The summed E-state index contributed by atoms with van der Waals surface area (Å²) in [7, 11) is 0. The summed E-state index contributed by atoms with van der Waals surface area (Å²) < 4.78 is 0. The normalized spacial score (nSPS) is 34.8. The second-order valence-electron chi connectivity index (χ2n) is 5.51. The Bertz CT molecular complexity index is 193. The third-order valence-electron chi connectivity index (χ3n) is 4.17. The molecule has 0 radical (unpaired) electrons. The molecule has 1 nitrogen and oxygen atoms in total. The van der Waals surface area contributed by atoms with Gasteiger partial charge >= 0.3 is 0 Å². The number of hydrogen-bond donors (Lipinski definition) is 0. The molecule has 15 heavy (non-hydrogen) atoms. The fourth-order valence-electron chi connectivity index (χ4n) is 3.40. The Hall–Kier alpha value is 0.250. The van der Waals surface area contributed by atoms with Gasteiger partial charge in [-0.15, -0.1) is 11.6 Å². The van der Waals surface area contributed by atoms with E-state index in [1.807, 2.05) is 0 Å². The summed E-state index contributed by atoms with van der Waals surface area (Å²) in [5.41, 5.74) is 0. The van der Waals surface area contributed by atoms with Gasteiger partial charge in [0.1, 0.15) is 0 Å². The zero-order chi connectivity index (χ0) is 10.7. The molecule has 0 aromatic rings. The number of fused-ring (bicyclic) bond motifs is 1. The van der Waals surface area contributed by atoms with Crippen LogP contribution in [-0.2, 0) is 0 Å². The topological polar surface area (TPSA) is 3.24 Å². The van der Waals surface area contributed by atoms with Gasteiger partial charge in [0, 0.05) is 18.5 Å². The number of likely N-dealkylation sites (tertiary alicyclic amines) is 1. The molecule has 0 amide bonds. The summed E-state index contributed by atoms with van der Waals surface area (Å²) >= 11 is 5.92. The molecule has 0 N–H and O–H groups in total. The molecule has 2 aliphatic rings. The average molecular weight is 230 g/mol. The van der Waals surface area contributed by atoms with Gasteiger partial charge in [0.25, 0.3) is 0 Å². The number of hydrogen-bond acceptors (Lipinski definition) is 1. The maximum atomic E-state index is 5.92. The summed E-state index contributed by atoms with van der Waals surface area (Å²) in [4.78, 5) is 2.74. The van der Waals surface area contributed by atoms with Crippen LogP contribution in [0.25, 0.3) is 0 Å². The number of rotatable bonds is 3. The lowest BCUT2D eigenvalue weighted by Crippen LogP contribution is -2.48. The lowest BCUT2D eigenvalue weighted by molar-refractivity contribution is 0.0522. The standard InChI is InChI=1S/C13H24ClN/c1-11(9-14)10-15-8-4-6-12-5-2-3-7-13(12)15/h11-13H,2-10H2,1H3. The minimum absolute atomic E-state index is 0.660. The molecule has 1 aliphatic carbocycles. The van der Waals surface area contributed by atoms with E-state index < -0.39 is 0 Å². The molecule has 2 heteroatoms. The second-order valence-corrected chi connectivity index (χ2v) is 5.82. The summed E-state index contributed by atoms with van der Waals surface area (Å²) in [6.07, 6.45) is 8.75. The highest BCUT2D eigenvalue weighted by Gasteiger charge is 2.33. The van der Waals surface area contributed by atoms with Gasteiger partial charge in [-0.2, -0.15) is 0 Å². The molecule has 0 aromatic heterocycles. The minimum atomic E-state index is 0.660. The van der Waals surface area contributed by atoms with Gasteiger partial charge in [0.2, 0.25) is 0 Å². The van der Waals surface area contributed by atoms with Crippen molar-refractivity contribution in [1.82, 2.24) is 4.90 Å². The zero-order valence-corrected chi connectivity index (χ0v) is 10.7. The molecule has 0 bridgehead atoms. The van der Waals surface area contributed by atoms with Crippen molar-refractivity contribution in [3.63, 3.8) is 0 Å². The molecular formula is C13H24ClN. The van der Waals surface area contributed by atoms with Crippen LogP contribution in [0.15, 0.2) is 0 Å². The number of halogens is 1. The summed E-state index contributed by atoms with van der Waals surface area (Å²) in [6, 6.07) is 0.901. The highest BCUT2D eigenvalue weighted by atomic mass is 35.5. The maximum absolute atomic E-state index is 5.92. The molecule has 3 unspecified atom stereocenters. The summed E-state index contributed by atoms with van der Waals surface area (Å²) in [5, 5.41) is 0. The highest BCUT2D eigenvalue weighted by molar-refractivity contribution is 6.18. The molecule has 0 spiro atoms. The van der Waals surface area contributed by atoms with Crippen LogP contribution in [0.4, 0.5) is 0 Å². The number of nitrogens with zero attached hydrogens (tertiary/aromatic N) is 1. The van der Waals surface area contributed by atoms with Crippen molar-refractivity contribution < 1.29 is 0 Å². The molecule has 0 aromatic carbocycles. The fraction of sp³-hybridized carbons (Fsp3) is 1.00. The van der Waals surface area contributed by atoms with Crippen LogP contribution in [0.5, 0.6) is 0 Å². The van der Waals surface area contributed by atoms with Crippen LogP contribution >= 0.6 is 11.6 Å². The Morgan fingerprint density at radius 3 is 2.73 bits per heavy atom. The summed E-state index contributed by atoms with van der Waals surface area (Å²) in [5.74, 6) is 2.48. The molecule has 1 saturated heterocycles. The van der Waals surface area contributed by atoms with Crippen LogP contribution in [0, 0.1) is 11.8 Å². The monoisotopic (exact) mass is 229 g/mol. The number of piperidine rings is 1. The van der Waals surface area contributed by atoms with E-state index >= 15 is 0 Å². The van der Waals surface area contributed by atoms with Gasteiger partial charge in [-0.05, 0) is 44.1 Å². The van der Waals surface area contributed by atoms with Gasteiger partial charge in [0.15, 0.2) is 0 Å². The molecule has 2 rings (SSSR count). The lowest BCUT2D eigenvalue weighted by atomic mass is 9.78. The SMILES string of the molecule is CC(CCl)CN1CCCC2CCCCC21. The van der Waals surface area contributed by atoms with Crippen LogP contribution in [0.1, 0.15) is 45.4 Å². The Morgan fingerprint density at radius 1 is 1.20 bits per heavy atom. The van der Waals surface area contributed by atoms with Crippen molar-refractivity contribution >= 4 is 11.6 Å². The van der Waals surface area contributed by atoms with Gasteiger partial charge in [-0.25, -0.2) is 0 Å². The molecule has 3 atom stereocenters. The first-order valence-electron chi connectivity index (χ1n) is 6.61. The molecular weight excluding hydrogens is 206 g/mol. The number of alkyl halides is 1. The Kier molecular flexibility index (Phi) is 4.33. The van der Waals surface area contributed by atoms with Crippen molar-refractivity contribution in [2.75, 3.05) is 19.0 Å². The van der Waals surface area contributed by atoms with E-state index in [0.717, 1.165) is 17.8 Å². The van der Waals surface area contributed by atoms with E-state index in [0.29, 0.717) is 5.92 Å². The smallest absolute Gasteiger partial charge is 0.0261 e. The van der Waals surface area contributed by atoms with E-state index in [9.17, 15) is 0 Å². The van der Waals surface area contributed by atoms with E-state index in [4.69, 9.17) is 11.6 Å². The molecule has 1 heterocycles. The van der Waals surface area contributed by atoms with Crippen molar-refractivity contribution in [2.45, 2.75) is 51.5 Å². The van der Waals surface area contributed by atoms with Crippen molar-refractivity contribution in [2.24, 2.45) is 11.8 Å². The highest BCUT2D eigenvalue weighted by Crippen LogP contribution is 2.35. The van der Waals surface area contributed by atoms with Gasteiger partial charge in [-0.3, -0.25) is 4.90 Å². The van der Waals surface area contributed by atoms with E-state index in [1.54, 1.807) is 0 Å². The maximum Gasteiger partial charge on any atom is 0.0261 e. The zero-order valence-electron chi connectivity index (χ0n) is 9.92. The Labute approximate surface area is 99.2 Å². The van der Waals surface area contributed by atoms with E-state index in [-0.39, 0.29) is 0 Å². The summed E-state index contributed by atoms with van der Waals surface area (Å²) in [6.45, 7) is 4.83. The average Bonchev–Trinajstić information content (AvgIpc) is 2.29. The van der Waals surface area contributed by atoms with Gasteiger partial charge in [-0.1, -0.05) is 19.8 Å². The predicted octanol–water partition coefficient (Wildman–Crippen LogP) is 3.52. The van der Waals surface area contributed by atoms with Crippen LogP contribution in [0.2, 0.25) is 0 Å². The van der Waals surface area contributed by atoms with Gasteiger partial charge in [0.05, 0.1) is 0 Å². The fourth-order valence-corrected chi connectivity index (χ4v) is 3.50. The minimum Gasteiger partial charge on any atom is -0.300 e. The third kappa shape index (κ3) is 2.88. The molecule has 2 fully saturated rings. The second kappa shape index (κ2) is 5.54. The Balaban J connectivity index is 1.91. The molecule has 1 aliphatic heterocycles. The van der Waals surface area contributed by atoms with Crippen molar-refractivity contribution in [3.05, 3.63) is 0 Å². The van der Waals surface area contributed by atoms with Crippen molar-refractivity contribution in [3.8, 4) is 0 Å². The van der Waals surface area contributed by atoms with Crippen LogP contribution < -0.4 is 0 Å². The van der Waals surface area contributed by atoms with E-state index in [1.165, 1.54) is 51.6 Å². The first-order chi connectivity index (χ1) is 7.31. The van der Waals surface area contributed by atoms with Crippen LogP contribution in [-0.4, -0.2) is 29.9 Å². The first kappa shape index (κ1) is 11.7. The molecule has 88 valence electrons. The Morgan fingerprint density at radius 2 is 1.93 bits per heavy atom. The largest absolute Gasteiger partial charge is 0.300 e. The third-order valence-corrected chi connectivity index (χ3v) is 4.69. The molecule has 1 saturated carbocycles. The first-order valence-corrected chi connectivity index (χ1v) is 7.14. The van der Waals surface area contributed by atoms with E-state index in [2.05, 4.69) is 11.8 Å². The van der Waals surface area contributed by atoms with Crippen molar-refractivity contribution in [1.29, 1.82) is 0 Å².